The molecule has 19 heavy (non-hydrogen) atoms. The van der Waals surface area contributed by atoms with Crippen molar-refractivity contribution in [1.82, 2.24) is 15.1 Å². The minimum absolute atomic E-state index is 0.0534. The average Bonchev–Trinajstić information content (AvgIpc) is 3.19. The Kier molecular flexibility index (Phi) is 3.87. The Morgan fingerprint density at radius 3 is 2.53 bits per heavy atom. The van der Waals surface area contributed by atoms with Crippen LogP contribution in [0, 0.1) is 5.92 Å². The van der Waals surface area contributed by atoms with Crippen molar-refractivity contribution in [1.29, 1.82) is 0 Å². The summed E-state index contributed by atoms with van der Waals surface area (Å²) in [4.78, 5) is 5.20. The van der Waals surface area contributed by atoms with Crippen LogP contribution < -0.4 is 5.32 Å². The third-order valence-corrected chi connectivity index (χ3v) is 5.88. The molecule has 2 N–H and O–H groups in total. The van der Waals surface area contributed by atoms with Crippen LogP contribution in [-0.2, 0) is 0 Å². The molecule has 1 aliphatic carbocycles. The summed E-state index contributed by atoms with van der Waals surface area (Å²) < 4.78 is 0. The zero-order valence-corrected chi connectivity index (χ0v) is 12.4. The number of likely N-dealkylation sites (tertiary alicyclic amines) is 1. The van der Waals surface area contributed by atoms with E-state index in [9.17, 15) is 5.11 Å². The highest BCUT2D eigenvalue weighted by atomic mass is 16.3. The topological polar surface area (TPSA) is 38.7 Å². The lowest BCUT2D eigenvalue weighted by Gasteiger charge is -2.38. The smallest absolute Gasteiger partial charge is 0.0628 e. The molecule has 2 heterocycles. The number of nitrogens with zero attached hydrogens (tertiary/aromatic N) is 2. The van der Waals surface area contributed by atoms with E-state index in [0.29, 0.717) is 5.92 Å². The van der Waals surface area contributed by atoms with E-state index < -0.39 is 0 Å². The summed E-state index contributed by atoms with van der Waals surface area (Å²) in [6.07, 6.45) is 6.59. The molecule has 4 nitrogen and oxygen atoms in total. The molecule has 0 radical (unpaired) electrons. The largest absolute Gasteiger partial charge is 0.394 e. The second kappa shape index (κ2) is 5.32. The van der Waals surface area contributed by atoms with Gasteiger partial charge in [0.25, 0.3) is 0 Å². The molecule has 0 aromatic carbocycles. The van der Waals surface area contributed by atoms with E-state index in [2.05, 4.69) is 22.2 Å². The third-order valence-electron chi connectivity index (χ3n) is 5.88. The van der Waals surface area contributed by atoms with E-state index in [1.165, 1.54) is 45.2 Å². The fraction of sp³-hybridized carbons (Fsp3) is 1.00. The van der Waals surface area contributed by atoms with Gasteiger partial charge in [-0.3, -0.25) is 9.80 Å². The molecule has 0 spiro atoms. The van der Waals surface area contributed by atoms with Crippen molar-refractivity contribution in [2.24, 2.45) is 5.92 Å². The van der Waals surface area contributed by atoms with E-state index in [1.807, 2.05) is 7.05 Å². The quantitative estimate of drug-likeness (QED) is 0.761. The maximum atomic E-state index is 9.87. The molecule has 3 unspecified atom stereocenters. The molecule has 1 saturated carbocycles. The summed E-state index contributed by atoms with van der Waals surface area (Å²) in [5.41, 5.74) is -0.0534. The van der Waals surface area contributed by atoms with Crippen LogP contribution >= 0.6 is 0 Å². The summed E-state index contributed by atoms with van der Waals surface area (Å²) in [5, 5.41) is 13.3. The number of hydrogen-bond acceptors (Lipinski definition) is 4. The van der Waals surface area contributed by atoms with Crippen LogP contribution in [0.3, 0.4) is 0 Å². The first-order valence-corrected chi connectivity index (χ1v) is 7.92. The Labute approximate surface area is 117 Å². The van der Waals surface area contributed by atoms with Gasteiger partial charge in [0.2, 0.25) is 0 Å². The molecule has 2 bridgehead atoms. The molecular weight excluding hydrogens is 238 g/mol. The molecule has 3 rings (SSSR count). The summed E-state index contributed by atoms with van der Waals surface area (Å²) in [7, 11) is 4.31. The van der Waals surface area contributed by atoms with Gasteiger partial charge in [0, 0.05) is 25.2 Å². The van der Waals surface area contributed by atoms with Crippen LogP contribution in [0.1, 0.15) is 32.1 Å². The molecule has 3 atom stereocenters. The van der Waals surface area contributed by atoms with E-state index in [4.69, 9.17) is 0 Å². The Bertz CT molecular complexity index is 315. The van der Waals surface area contributed by atoms with Gasteiger partial charge in [-0.2, -0.15) is 0 Å². The number of aliphatic hydroxyl groups excluding tert-OH is 1. The molecule has 0 aromatic heterocycles. The Balaban J connectivity index is 1.66. The van der Waals surface area contributed by atoms with Crippen molar-refractivity contribution in [3.05, 3.63) is 0 Å². The lowest BCUT2D eigenvalue weighted by molar-refractivity contribution is 0.0917. The highest BCUT2D eigenvalue weighted by Crippen LogP contribution is 2.40. The summed E-state index contributed by atoms with van der Waals surface area (Å²) in [6, 6.07) is 1.54. The van der Waals surface area contributed by atoms with Crippen LogP contribution in [0.2, 0.25) is 0 Å². The zero-order chi connectivity index (χ0) is 13.5. The van der Waals surface area contributed by atoms with E-state index in [-0.39, 0.29) is 12.1 Å². The summed E-state index contributed by atoms with van der Waals surface area (Å²) in [5.74, 6) is 0.681. The second-order valence-corrected chi connectivity index (χ2v) is 6.91. The molecule has 110 valence electrons. The van der Waals surface area contributed by atoms with Gasteiger partial charge < -0.3 is 10.4 Å². The minimum atomic E-state index is -0.0534. The van der Waals surface area contributed by atoms with Gasteiger partial charge in [-0.05, 0) is 58.7 Å². The Morgan fingerprint density at radius 2 is 1.89 bits per heavy atom. The predicted octanol–water partition coefficient (Wildman–Crippen LogP) is 0.515. The van der Waals surface area contributed by atoms with Gasteiger partial charge in [0.05, 0.1) is 12.1 Å². The number of likely N-dealkylation sites (N-methyl/N-ethyl adjacent to an activating group) is 2. The normalized spacial score (nSPS) is 36.2. The third kappa shape index (κ3) is 2.56. The van der Waals surface area contributed by atoms with Crippen LogP contribution in [0.25, 0.3) is 0 Å². The fourth-order valence-corrected chi connectivity index (χ4v) is 4.23. The van der Waals surface area contributed by atoms with Crippen LogP contribution in [0.4, 0.5) is 0 Å². The first-order valence-electron chi connectivity index (χ1n) is 7.92. The average molecular weight is 267 g/mol. The molecule has 2 aliphatic heterocycles. The standard InChI is InChI=1S/C15H29N3O/c1-16-15(11-19,12-3-4-12)10-18-8-7-13-5-6-14(9-18)17(13)2/h12-14,16,19H,3-11H2,1-2H3. The molecule has 4 heteroatoms. The van der Waals surface area contributed by atoms with E-state index in [0.717, 1.165) is 18.6 Å². The van der Waals surface area contributed by atoms with Gasteiger partial charge in [-0.15, -0.1) is 0 Å². The predicted molar refractivity (Wildman–Crippen MR) is 77.2 cm³/mol. The maximum Gasteiger partial charge on any atom is 0.0628 e. The SMILES string of the molecule is CNC(CO)(CN1CCC2CCC(C1)N2C)C1CC1. The molecular formula is C15H29N3O. The van der Waals surface area contributed by atoms with Gasteiger partial charge in [0.1, 0.15) is 0 Å². The Hall–Kier alpha value is -0.160. The number of fused-ring (bicyclic) bond motifs is 2. The molecule has 0 aromatic rings. The molecule has 0 amide bonds. The van der Waals surface area contributed by atoms with Gasteiger partial charge in [-0.1, -0.05) is 0 Å². The summed E-state index contributed by atoms with van der Waals surface area (Å²) >= 11 is 0. The maximum absolute atomic E-state index is 9.87. The van der Waals surface area contributed by atoms with Gasteiger partial charge in [-0.25, -0.2) is 0 Å². The van der Waals surface area contributed by atoms with Crippen molar-refractivity contribution in [2.75, 3.05) is 40.3 Å². The molecule has 3 aliphatic rings. The number of nitrogens with one attached hydrogen (secondary N) is 1. The van der Waals surface area contributed by atoms with Crippen LogP contribution in [0.5, 0.6) is 0 Å². The van der Waals surface area contributed by atoms with E-state index >= 15 is 0 Å². The number of rotatable bonds is 5. The van der Waals surface area contributed by atoms with Crippen LogP contribution in [0.15, 0.2) is 0 Å². The number of hydrogen-bond donors (Lipinski definition) is 2. The van der Waals surface area contributed by atoms with Crippen molar-refractivity contribution in [2.45, 2.75) is 49.7 Å². The minimum Gasteiger partial charge on any atom is -0.394 e. The van der Waals surface area contributed by atoms with Crippen molar-refractivity contribution in [3.8, 4) is 0 Å². The Morgan fingerprint density at radius 1 is 1.16 bits per heavy atom. The first-order chi connectivity index (χ1) is 9.18. The van der Waals surface area contributed by atoms with Crippen LogP contribution in [-0.4, -0.2) is 72.9 Å². The van der Waals surface area contributed by atoms with Crippen molar-refractivity contribution >= 4 is 0 Å². The van der Waals surface area contributed by atoms with Crippen molar-refractivity contribution < 1.29 is 5.11 Å². The van der Waals surface area contributed by atoms with Crippen molar-refractivity contribution in [3.63, 3.8) is 0 Å². The first kappa shape index (κ1) is 13.8. The van der Waals surface area contributed by atoms with E-state index in [1.54, 1.807) is 0 Å². The second-order valence-electron chi connectivity index (χ2n) is 6.91. The molecule has 2 saturated heterocycles. The number of aliphatic hydroxyl groups is 1. The highest BCUT2D eigenvalue weighted by molar-refractivity contribution is 5.03. The summed E-state index contributed by atoms with van der Waals surface area (Å²) in [6.45, 7) is 3.67. The fourth-order valence-electron chi connectivity index (χ4n) is 4.23. The zero-order valence-electron chi connectivity index (χ0n) is 12.4. The van der Waals surface area contributed by atoms with Gasteiger partial charge in [0.15, 0.2) is 0 Å². The molecule has 3 fully saturated rings. The lowest BCUT2D eigenvalue weighted by atomic mass is 9.93. The monoisotopic (exact) mass is 267 g/mol. The lowest BCUT2D eigenvalue weighted by Crippen LogP contribution is -2.57. The van der Waals surface area contributed by atoms with Gasteiger partial charge >= 0.3 is 0 Å². The highest BCUT2D eigenvalue weighted by Gasteiger charge is 2.46.